The van der Waals surface area contributed by atoms with Crippen molar-refractivity contribution >= 4 is 23.3 Å². The smallest absolute Gasteiger partial charge is 0.319 e. The Kier molecular flexibility index (Phi) is 5.03. The number of amides is 2. The number of nitrogens with one attached hydrogen (secondary N) is 2. The molecule has 0 radical (unpaired) electrons. The average molecular weight is 339 g/mol. The predicted molar refractivity (Wildman–Crippen MR) is 94.8 cm³/mol. The first-order valence-corrected chi connectivity index (χ1v) is 7.75. The lowest BCUT2D eigenvalue weighted by Crippen LogP contribution is -2.28. The van der Waals surface area contributed by atoms with Crippen LogP contribution >= 0.6 is 11.6 Å². The zero-order valence-electron chi connectivity index (χ0n) is 12.7. The number of carbonyl (C=O) groups is 1. The molecule has 2 heterocycles. The van der Waals surface area contributed by atoms with Gasteiger partial charge in [0.05, 0.1) is 16.4 Å². The SMILES string of the molecule is O=C(NCc1ccnc(-c2ccncc2)c1)Nc1ccccc1Cl. The lowest BCUT2D eigenvalue weighted by atomic mass is 10.1. The van der Waals surface area contributed by atoms with Gasteiger partial charge < -0.3 is 10.6 Å². The standard InChI is InChI=1S/C18H15ClN4O/c19-15-3-1-2-4-16(15)23-18(24)22-12-13-5-10-21-17(11-13)14-6-8-20-9-7-14/h1-11H,12H2,(H2,22,23,24). The van der Waals surface area contributed by atoms with Crippen LogP contribution in [0.5, 0.6) is 0 Å². The average Bonchev–Trinajstić information content (AvgIpc) is 2.63. The van der Waals surface area contributed by atoms with Crippen molar-refractivity contribution in [2.24, 2.45) is 0 Å². The zero-order chi connectivity index (χ0) is 16.8. The summed E-state index contributed by atoms with van der Waals surface area (Å²) in [4.78, 5) is 20.3. The van der Waals surface area contributed by atoms with E-state index in [2.05, 4.69) is 20.6 Å². The summed E-state index contributed by atoms with van der Waals surface area (Å²) in [6, 6.07) is 14.4. The summed E-state index contributed by atoms with van der Waals surface area (Å²) in [7, 11) is 0. The molecule has 2 aromatic heterocycles. The molecule has 6 heteroatoms. The van der Waals surface area contributed by atoms with E-state index < -0.39 is 0 Å². The van der Waals surface area contributed by atoms with Crippen molar-refractivity contribution in [3.63, 3.8) is 0 Å². The van der Waals surface area contributed by atoms with Crippen LogP contribution in [-0.4, -0.2) is 16.0 Å². The second kappa shape index (κ2) is 7.57. The van der Waals surface area contributed by atoms with Gasteiger partial charge in [-0.2, -0.15) is 0 Å². The van der Waals surface area contributed by atoms with Crippen LogP contribution in [-0.2, 0) is 6.54 Å². The minimum absolute atomic E-state index is 0.314. The summed E-state index contributed by atoms with van der Waals surface area (Å²) < 4.78 is 0. The molecular weight excluding hydrogens is 324 g/mol. The molecule has 0 bridgehead atoms. The molecule has 0 saturated heterocycles. The molecule has 120 valence electrons. The molecule has 0 spiro atoms. The topological polar surface area (TPSA) is 66.9 Å². The molecule has 0 unspecified atom stereocenters. The molecule has 0 fully saturated rings. The molecule has 5 nitrogen and oxygen atoms in total. The van der Waals surface area contributed by atoms with Gasteiger partial charge in [0.25, 0.3) is 0 Å². The van der Waals surface area contributed by atoms with Gasteiger partial charge in [-0.3, -0.25) is 9.97 Å². The molecule has 1 aromatic carbocycles. The number of nitrogens with zero attached hydrogens (tertiary/aromatic N) is 2. The normalized spacial score (nSPS) is 10.2. The van der Waals surface area contributed by atoms with Gasteiger partial charge in [0, 0.05) is 30.7 Å². The van der Waals surface area contributed by atoms with E-state index in [1.165, 1.54) is 0 Å². The first kappa shape index (κ1) is 16.0. The number of anilines is 1. The van der Waals surface area contributed by atoms with Crippen LogP contribution in [0.2, 0.25) is 5.02 Å². The Morgan fingerprint density at radius 1 is 1.04 bits per heavy atom. The molecular formula is C18H15ClN4O. The molecule has 0 aliphatic rings. The number of carbonyl (C=O) groups excluding carboxylic acids is 1. The summed E-state index contributed by atoms with van der Waals surface area (Å²) in [5, 5.41) is 6.02. The quantitative estimate of drug-likeness (QED) is 0.752. The van der Waals surface area contributed by atoms with Crippen molar-refractivity contribution in [3.05, 3.63) is 77.7 Å². The minimum Gasteiger partial charge on any atom is -0.334 e. The van der Waals surface area contributed by atoms with Gasteiger partial charge in [0.1, 0.15) is 0 Å². The number of hydrogen-bond donors (Lipinski definition) is 2. The van der Waals surface area contributed by atoms with Gasteiger partial charge in [-0.05, 0) is 42.0 Å². The van der Waals surface area contributed by atoms with E-state index in [0.717, 1.165) is 16.8 Å². The highest BCUT2D eigenvalue weighted by Crippen LogP contribution is 2.20. The van der Waals surface area contributed by atoms with Gasteiger partial charge in [0.15, 0.2) is 0 Å². The Labute approximate surface area is 144 Å². The molecule has 2 N–H and O–H groups in total. The molecule has 2 amide bonds. The molecule has 3 rings (SSSR count). The van der Waals surface area contributed by atoms with Crippen molar-refractivity contribution in [3.8, 4) is 11.3 Å². The monoisotopic (exact) mass is 338 g/mol. The van der Waals surface area contributed by atoms with Crippen LogP contribution in [0.15, 0.2) is 67.1 Å². The fraction of sp³-hybridized carbons (Fsp3) is 0.0556. The second-order valence-corrected chi connectivity index (χ2v) is 5.48. The lowest BCUT2D eigenvalue weighted by molar-refractivity contribution is 0.251. The van der Waals surface area contributed by atoms with Crippen molar-refractivity contribution in [1.82, 2.24) is 15.3 Å². The summed E-state index contributed by atoms with van der Waals surface area (Å²) in [5.41, 5.74) is 3.34. The zero-order valence-corrected chi connectivity index (χ0v) is 13.5. The van der Waals surface area contributed by atoms with Crippen molar-refractivity contribution < 1.29 is 4.79 Å². The number of benzene rings is 1. The highest BCUT2D eigenvalue weighted by molar-refractivity contribution is 6.33. The Balaban J connectivity index is 1.63. The van der Waals surface area contributed by atoms with Gasteiger partial charge >= 0.3 is 6.03 Å². The number of pyridine rings is 2. The maximum atomic E-state index is 12.0. The highest BCUT2D eigenvalue weighted by atomic mass is 35.5. The van der Waals surface area contributed by atoms with Crippen molar-refractivity contribution in [2.75, 3.05) is 5.32 Å². The Morgan fingerprint density at radius 3 is 2.62 bits per heavy atom. The maximum Gasteiger partial charge on any atom is 0.319 e. The van der Waals surface area contributed by atoms with Crippen molar-refractivity contribution in [2.45, 2.75) is 6.54 Å². The number of halogens is 1. The number of rotatable bonds is 4. The van der Waals surface area contributed by atoms with E-state index in [4.69, 9.17) is 11.6 Å². The first-order chi connectivity index (χ1) is 11.7. The number of urea groups is 1. The van der Waals surface area contributed by atoms with E-state index in [1.54, 1.807) is 30.7 Å². The van der Waals surface area contributed by atoms with Crippen LogP contribution in [0.1, 0.15) is 5.56 Å². The van der Waals surface area contributed by atoms with Crippen molar-refractivity contribution in [1.29, 1.82) is 0 Å². The fourth-order valence-electron chi connectivity index (χ4n) is 2.18. The molecule has 0 aliphatic carbocycles. The third-order valence-electron chi connectivity index (χ3n) is 3.38. The van der Waals surface area contributed by atoms with E-state index in [1.807, 2.05) is 36.4 Å². The van der Waals surface area contributed by atoms with E-state index in [0.29, 0.717) is 17.3 Å². The second-order valence-electron chi connectivity index (χ2n) is 5.07. The summed E-state index contributed by atoms with van der Waals surface area (Å²) >= 11 is 6.02. The van der Waals surface area contributed by atoms with Crippen LogP contribution in [0, 0.1) is 0 Å². The number of hydrogen-bond acceptors (Lipinski definition) is 3. The highest BCUT2D eigenvalue weighted by Gasteiger charge is 2.06. The van der Waals surface area contributed by atoms with E-state index in [-0.39, 0.29) is 6.03 Å². The molecule has 0 saturated carbocycles. The van der Waals surface area contributed by atoms with Crippen LogP contribution in [0.4, 0.5) is 10.5 Å². The fourth-order valence-corrected chi connectivity index (χ4v) is 2.36. The number of aromatic nitrogens is 2. The summed E-state index contributed by atoms with van der Waals surface area (Å²) in [6.07, 6.45) is 5.16. The predicted octanol–water partition coefficient (Wildman–Crippen LogP) is 4.12. The molecule has 3 aromatic rings. The van der Waals surface area contributed by atoms with E-state index in [9.17, 15) is 4.79 Å². The summed E-state index contributed by atoms with van der Waals surface area (Å²) in [5.74, 6) is 0. The third kappa shape index (κ3) is 4.08. The van der Waals surface area contributed by atoms with Gasteiger partial charge in [-0.1, -0.05) is 23.7 Å². The van der Waals surface area contributed by atoms with E-state index >= 15 is 0 Å². The largest absolute Gasteiger partial charge is 0.334 e. The Hall–Kier alpha value is -2.92. The third-order valence-corrected chi connectivity index (χ3v) is 3.71. The number of para-hydroxylation sites is 1. The molecule has 0 atom stereocenters. The summed E-state index contributed by atoms with van der Waals surface area (Å²) in [6.45, 7) is 0.386. The first-order valence-electron chi connectivity index (χ1n) is 7.37. The van der Waals surface area contributed by atoms with Crippen LogP contribution in [0.25, 0.3) is 11.3 Å². The van der Waals surface area contributed by atoms with Crippen LogP contribution in [0.3, 0.4) is 0 Å². The Morgan fingerprint density at radius 2 is 1.83 bits per heavy atom. The van der Waals surface area contributed by atoms with Gasteiger partial charge in [-0.15, -0.1) is 0 Å². The molecule has 0 aliphatic heterocycles. The molecule has 24 heavy (non-hydrogen) atoms. The maximum absolute atomic E-state index is 12.0. The van der Waals surface area contributed by atoms with Gasteiger partial charge in [-0.25, -0.2) is 4.79 Å². The van der Waals surface area contributed by atoms with Crippen LogP contribution < -0.4 is 10.6 Å². The minimum atomic E-state index is -0.314. The Bertz CT molecular complexity index is 839. The lowest BCUT2D eigenvalue weighted by Gasteiger charge is -2.09. The van der Waals surface area contributed by atoms with Gasteiger partial charge in [0.2, 0.25) is 0 Å².